The average molecular weight is 166 g/mol. The first-order chi connectivity index (χ1) is 5.88. The largest absolute Gasteiger partial charge is 0.395 e. The number of hydrogen-bond acceptors (Lipinski definition) is 3. The summed E-state index contributed by atoms with van der Waals surface area (Å²) in [4.78, 5) is 0. The van der Waals surface area contributed by atoms with Crippen LogP contribution in [0.25, 0.3) is 0 Å². The van der Waals surface area contributed by atoms with E-state index in [0.717, 1.165) is 11.4 Å². The predicted molar refractivity (Wildman–Crippen MR) is 46.7 cm³/mol. The Hall–Kier alpha value is -0.990. The maximum Gasteiger partial charge on any atom is 0.162 e. The fourth-order valence-corrected chi connectivity index (χ4v) is 1.93. The van der Waals surface area contributed by atoms with E-state index in [0.29, 0.717) is 5.92 Å². The van der Waals surface area contributed by atoms with Gasteiger partial charge in [-0.05, 0) is 12.8 Å². The minimum Gasteiger partial charge on any atom is -0.395 e. The van der Waals surface area contributed by atoms with E-state index >= 15 is 0 Å². The van der Waals surface area contributed by atoms with E-state index in [-0.39, 0.29) is 0 Å². The van der Waals surface area contributed by atoms with Gasteiger partial charge in [-0.25, -0.2) is 0 Å². The van der Waals surface area contributed by atoms with Crippen LogP contribution >= 0.6 is 0 Å². The molecule has 1 aromatic heterocycles. The van der Waals surface area contributed by atoms with E-state index in [9.17, 15) is 0 Å². The lowest BCUT2D eigenvalue weighted by Crippen LogP contribution is -2.05. The Morgan fingerprint density at radius 2 is 2.08 bits per heavy atom. The molecule has 1 saturated carbocycles. The number of nitrogens with two attached hydrogens (primary N) is 1. The molecule has 66 valence electrons. The summed E-state index contributed by atoms with van der Waals surface area (Å²) in [5.41, 5.74) is 6.44. The van der Waals surface area contributed by atoms with Crippen LogP contribution in [0, 0.1) is 0 Å². The van der Waals surface area contributed by atoms with Crippen molar-refractivity contribution in [3.05, 3.63) is 12.0 Å². The van der Waals surface area contributed by atoms with Crippen molar-refractivity contribution in [1.29, 1.82) is 0 Å². The summed E-state index contributed by atoms with van der Waals surface area (Å²) >= 11 is 0. The SMILES string of the molecule is Nc1cnoc1C1CCCCC1. The lowest BCUT2D eigenvalue weighted by molar-refractivity contribution is 0.322. The molecule has 0 spiro atoms. The molecule has 0 aromatic carbocycles. The molecule has 1 heterocycles. The van der Waals surface area contributed by atoms with Gasteiger partial charge >= 0.3 is 0 Å². The van der Waals surface area contributed by atoms with Crippen LogP contribution in [0.2, 0.25) is 0 Å². The smallest absolute Gasteiger partial charge is 0.162 e. The lowest BCUT2D eigenvalue weighted by Gasteiger charge is -2.18. The molecule has 0 unspecified atom stereocenters. The molecule has 0 atom stereocenters. The third-order valence-electron chi connectivity index (χ3n) is 2.60. The number of aromatic nitrogens is 1. The zero-order valence-corrected chi connectivity index (χ0v) is 7.12. The topological polar surface area (TPSA) is 52.0 Å². The molecular weight excluding hydrogens is 152 g/mol. The number of rotatable bonds is 1. The number of anilines is 1. The number of hydrogen-bond donors (Lipinski definition) is 1. The Labute approximate surface area is 71.9 Å². The van der Waals surface area contributed by atoms with Crippen LogP contribution in [-0.4, -0.2) is 5.16 Å². The molecule has 0 bridgehead atoms. The molecule has 0 aliphatic heterocycles. The molecule has 3 nitrogen and oxygen atoms in total. The van der Waals surface area contributed by atoms with Crippen molar-refractivity contribution in [3.63, 3.8) is 0 Å². The molecule has 2 N–H and O–H groups in total. The van der Waals surface area contributed by atoms with Crippen LogP contribution in [-0.2, 0) is 0 Å². The Morgan fingerprint density at radius 1 is 1.33 bits per heavy atom. The standard InChI is InChI=1S/C9H14N2O/c10-8-6-11-12-9(8)7-4-2-1-3-5-7/h6-7H,1-5,10H2. The van der Waals surface area contributed by atoms with E-state index in [1.54, 1.807) is 6.20 Å². The van der Waals surface area contributed by atoms with Crippen LogP contribution < -0.4 is 5.73 Å². The second-order valence-corrected chi connectivity index (χ2v) is 3.48. The molecule has 1 aliphatic rings. The Morgan fingerprint density at radius 3 is 2.67 bits per heavy atom. The lowest BCUT2D eigenvalue weighted by atomic mass is 9.87. The van der Waals surface area contributed by atoms with Crippen molar-refractivity contribution >= 4 is 5.69 Å². The van der Waals surface area contributed by atoms with Crippen molar-refractivity contribution in [2.45, 2.75) is 38.0 Å². The van der Waals surface area contributed by atoms with E-state index < -0.39 is 0 Å². The molecule has 0 saturated heterocycles. The highest BCUT2D eigenvalue weighted by Crippen LogP contribution is 2.34. The molecule has 0 radical (unpaired) electrons. The van der Waals surface area contributed by atoms with Gasteiger partial charge in [0.1, 0.15) is 0 Å². The maximum absolute atomic E-state index is 5.72. The van der Waals surface area contributed by atoms with Crippen LogP contribution in [0.4, 0.5) is 5.69 Å². The summed E-state index contributed by atoms with van der Waals surface area (Å²) in [6, 6.07) is 0. The van der Waals surface area contributed by atoms with Crippen molar-refractivity contribution in [3.8, 4) is 0 Å². The van der Waals surface area contributed by atoms with Crippen LogP contribution in [0.1, 0.15) is 43.8 Å². The summed E-state index contributed by atoms with van der Waals surface area (Å²) in [5, 5.41) is 3.70. The first-order valence-corrected chi connectivity index (χ1v) is 4.58. The monoisotopic (exact) mass is 166 g/mol. The molecule has 3 heteroatoms. The molecule has 1 fully saturated rings. The van der Waals surface area contributed by atoms with Gasteiger partial charge in [0, 0.05) is 5.92 Å². The van der Waals surface area contributed by atoms with Gasteiger partial charge in [-0.3, -0.25) is 0 Å². The first-order valence-electron chi connectivity index (χ1n) is 4.58. The minimum absolute atomic E-state index is 0.529. The summed E-state index contributed by atoms with van der Waals surface area (Å²) in [6.45, 7) is 0. The molecule has 1 aromatic rings. The van der Waals surface area contributed by atoms with Crippen LogP contribution in [0.5, 0.6) is 0 Å². The molecule has 0 amide bonds. The van der Waals surface area contributed by atoms with E-state index in [1.165, 1.54) is 32.1 Å². The van der Waals surface area contributed by atoms with Crippen molar-refractivity contribution < 1.29 is 4.52 Å². The molecule has 1 aliphatic carbocycles. The normalized spacial score (nSPS) is 19.7. The first kappa shape index (κ1) is 7.65. The van der Waals surface area contributed by atoms with Gasteiger partial charge in [-0.2, -0.15) is 0 Å². The molecule has 2 rings (SSSR count). The van der Waals surface area contributed by atoms with Crippen molar-refractivity contribution in [1.82, 2.24) is 5.16 Å². The predicted octanol–water partition coefficient (Wildman–Crippen LogP) is 2.30. The Kier molecular flexibility index (Phi) is 2.02. The summed E-state index contributed by atoms with van der Waals surface area (Å²) in [5.74, 6) is 1.44. The average Bonchev–Trinajstić information content (AvgIpc) is 2.53. The van der Waals surface area contributed by atoms with Gasteiger partial charge in [-0.15, -0.1) is 0 Å². The highest BCUT2D eigenvalue weighted by Gasteiger charge is 2.20. The van der Waals surface area contributed by atoms with Crippen LogP contribution in [0.15, 0.2) is 10.7 Å². The van der Waals surface area contributed by atoms with Gasteiger partial charge < -0.3 is 10.3 Å². The van der Waals surface area contributed by atoms with Gasteiger partial charge in [0.25, 0.3) is 0 Å². The van der Waals surface area contributed by atoms with Crippen LogP contribution in [0.3, 0.4) is 0 Å². The maximum atomic E-state index is 5.72. The second kappa shape index (κ2) is 3.17. The molecule has 12 heavy (non-hydrogen) atoms. The third kappa shape index (κ3) is 1.31. The van der Waals surface area contributed by atoms with Crippen molar-refractivity contribution in [2.75, 3.05) is 5.73 Å². The summed E-state index contributed by atoms with van der Waals surface area (Å²) in [6.07, 6.45) is 7.96. The van der Waals surface area contributed by atoms with E-state index in [2.05, 4.69) is 5.16 Å². The van der Waals surface area contributed by atoms with Crippen molar-refractivity contribution in [2.24, 2.45) is 0 Å². The summed E-state index contributed by atoms with van der Waals surface area (Å²) < 4.78 is 5.13. The zero-order chi connectivity index (χ0) is 8.39. The van der Waals surface area contributed by atoms with Gasteiger partial charge in [-0.1, -0.05) is 24.4 Å². The highest BCUT2D eigenvalue weighted by atomic mass is 16.5. The summed E-state index contributed by atoms with van der Waals surface area (Å²) in [7, 11) is 0. The Balaban J connectivity index is 2.13. The fraction of sp³-hybridized carbons (Fsp3) is 0.667. The van der Waals surface area contributed by atoms with E-state index in [4.69, 9.17) is 10.3 Å². The minimum atomic E-state index is 0.529. The quantitative estimate of drug-likeness (QED) is 0.696. The number of nitrogens with zero attached hydrogens (tertiary/aromatic N) is 1. The zero-order valence-electron chi connectivity index (χ0n) is 7.12. The molecular formula is C9H14N2O. The number of nitrogen functional groups attached to an aromatic ring is 1. The Bertz CT molecular complexity index is 251. The fourth-order valence-electron chi connectivity index (χ4n) is 1.93. The highest BCUT2D eigenvalue weighted by molar-refractivity contribution is 5.40. The van der Waals surface area contributed by atoms with Gasteiger partial charge in [0.05, 0.1) is 11.9 Å². The van der Waals surface area contributed by atoms with Gasteiger partial charge in [0.2, 0.25) is 0 Å². The van der Waals surface area contributed by atoms with Gasteiger partial charge in [0.15, 0.2) is 5.76 Å². The van der Waals surface area contributed by atoms with E-state index in [1.807, 2.05) is 0 Å². The second-order valence-electron chi connectivity index (χ2n) is 3.48. The third-order valence-corrected chi connectivity index (χ3v) is 2.60.